The number of carbonyl (C=O) groups is 2. The lowest BCUT2D eigenvalue weighted by atomic mass is 10.1. The van der Waals surface area contributed by atoms with Crippen LogP contribution in [-0.4, -0.2) is 36.5 Å². The lowest BCUT2D eigenvalue weighted by molar-refractivity contribution is 0.0953. The van der Waals surface area contributed by atoms with Crippen molar-refractivity contribution < 1.29 is 14.0 Å². The van der Waals surface area contributed by atoms with E-state index < -0.39 is 0 Å². The van der Waals surface area contributed by atoms with Crippen molar-refractivity contribution in [1.29, 1.82) is 0 Å². The number of nitrogens with one attached hydrogen (secondary N) is 2. The van der Waals surface area contributed by atoms with E-state index in [0.717, 1.165) is 11.1 Å². The fourth-order valence-corrected chi connectivity index (χ4v) is 2.19. The predicted octanol–water partition coefficient (Wildman–Crippen LogP) is 2.55. The Labute approximate surface area is 141 Å². The molecule has 2 N–H and O–H groups in total. The highest BCUT2D eigenvalue weighted by atomic mass is 16.3. The van der Waals surface area contributed by atoms with Gasteiger partial charge in [0.05, 0.1) is 19.1 Å². The number of benzene rings is 1. The Morgan fingerprint density at radius 2 is 1.79 bits per heavy atom. The molecule has 6 heteroatoms. The molecule has 128 valence electrons. The molecule has 6 nitrogen and oxygen atoms in total. The van der Waals surface area contributed by atoms with Gasteiger partial charge >= 0.3 is 6.03 Å². The zero-order valence-corrected chi connectivity index (χ0v) is 14.0. The van der Waals surface area contributed by atoms with E-state index >= 15 is 0 Å². The molecule has 0 saturated carbocycles. The summed E-state index contributed by atoms with van der Waals surface area (Å²) in [4.78, 5) is 25.8. The van der Waals surface area contributed by atoms with Crippen molar-refractivity contribution in [1.82, 2.24) is 15.5 Å². The zero-order chi connectivity index (χ0) is 17.4. The Morgan fingerprint density at radius 1 is 1.08 bits per heavy atom. The topological polar surface area (TPSA) is 74.6 Å². The fraction of sp³-hybridized carbons (Fsp3) is 0.333. The van der Waals surface area contributed by atoms with Crippen LogP contribution in [0.2, 0.25) is 0 Å². The molecule has 3 amide bonds. The van der Waals surface area contributed by atoms with Crippen molar-refractivity contribution in [3.63, 3.8) is 0 Å². The molecule has 0 aliphatic heterocycles. The molecular weight excluding hydrogens is 306 g/mol. The van der Waals surface area contributed by atoms with Crippen LogP contribution >= 0.6 is 0 Å². The number of hydrogen-bond donors (Lipinski definition) is 2. The van der Waals surface area contributed by atoms with Gasteiger partial charge in [0.1, 0.15) is 0 Å². The van der Waals surface area contributed by atoms with E-state index in [4.69, 9.17) is 4.42 Å². The van der Waals surface area contributed by atoms with Crippen molar-refractivity contribution in [2.24, 2.45) is 0 Å². The third-order valence-corrected chi connectivity index (χ3v) is 3.62. The Kier molecular flexibility index (Phi) is 6.42. The summed E-state index contributed by atoms with van der Waals surface area (Å²) in [7, 11) is 0. The van der Waals surface area contributed by atoms with Crippen LogP contribution in [0, 0.1) is 6.92 Å². The largest absolute Gasteiger partial charge is 0.472 e. The molecule has 0 saturated heterocycles. The van der Waals surface area contributed by atoms with Crippen molar-refractivity contribution >= 4 is 11.9 Å². The highest BCUT2D eigenvalue weighted by Crippen LogP contribution is 2.05. The van der Waals surface area contributed by atoms with Gasteiger partial charge in [-0.2, -0.15) is 0 Å². The summed E-state index contributed by atoms with van der Waals surface area (Å²) < 4.78 is 5.01. The summed E-state index contributed by atoms with van der Waals surface area (Å²) in [5.41, 5.74) is 2.66. The van der Waals surface area contributed by atoms with Gasteiger partial charge in [-0.3, -0.25) is 4.79 Å². The molecular formula is C18H23N3O3. The molecule has 0 unspecified atom stereocenters. The van der Waals surface area contributed by atoms with Gasteiger partial charge in [0.25, 0.3) is 5.91 Å². The van der Waals surface area contributed by atoms with Gasteiger partial charge in [0.2, 0.25) is 0 Å². The van der Waals surface area contributed by atoms with Gasteiger partial charge in [0.15, 0.2) is 0 Å². The van der Waals surface area contributed by atoms with Gasteiger partial charge in [-0.1, -0.05) is 17.7 Å². The Morgan fingerprint density at radius 3 is 2.42 bits per heavy atom. The predicted molar refractivity (Wildman–Crippen MR) is 91.7 cm³/mol. The summed E-state index contributed by atoms with van der Waals surface area (Å²) in [6.45, 7) is 5.72. The molecule has 2 rings (SSSR count). The fourth-order valence-electron chi connectivity index (χ4n) is 2.19. The minimum absolute atomic E-state index is 0.144. The standard InChI is InChI=1S/C18H23N3O3/c1-3-21(12-15-8-11-24-13-15)18(23)20-10-9-19-17(22)16-6-4-14(2)5-7-16/h4-8,11,13H,3,9-10,12H2,1-2H3,(H,19,22)(H,20,23). The summed E-state index contributed by atoms with van der Waals surface area (Å²) in [6.07, 6.45) is 3.21. The lowest BCUT2D eigenvalue weighted by Crippen LogP contribution is -2.42. The lowest BCUT2D eigenvalue weighted by Gasteiger charge is -2.20. The number of carbonyl (C=O) groups excluding carboxylic acids is 2. The molecule has 1 aromatic carbocycles. The summed E-state index contributed by atoms with van der Waals surface area (Å²) in [5.74, 6) is -0.144. The van der Waals surface area contributed by atoms with Gasteiger partial charge in [-0.25, -0.2) is 4.79 Å². The van der Waals surface area contributed by atoms with E-state index in [1.807, 2.05) is 32.0 Å². The maximum Gasteiger partial charge on any atom is 0.317 e. The monoisotopic (exact) mass is 329 g/mol. The molecule has 1 aromatic heterocycles. The molecule has 0 aliphatic carbocycles. The van der Waals surface area contributed by atoms with Crippen molar-refractivity contribution in [3.8, 4) is 0 Å². The molecule has 24 heavy (non-hydrogen) atoms. The van der Waals surface area contributed by atoms with Crippen LogP contribution in [0.5, 0.6) is 0 Å². The number of rotatable bonds is 7. The maximum absolute atomic E-state index is 12.1. The Balaban J connectivity index is 1.71. The molecule has 0 aliphatic rings. The van der Waals surface area contributed by atoms with Crippen LogP contribution in [-0.2, 0) is 6.54 Å². The molecule has 0 bridgehead atoms. The maximum atomic E-state index is 12.1. The molecule has 0 spiro atoms. The van der Waals surface area contributed by atoms with Crippen molar-refractivity contribution in [2.45, 2.75) is 20.4 Å². The Hall–Kier alpha value is -2.76. The van der Waals surface area contributed by atoms with E-state index in [1.165, 1.54) is 0 Å². The Bertz CT molecular complexity index is 651. The molecule has 0 atom stereocenters. The minimum Gasteiger partial charge on any atom is -0.472 e. The second kappa shape index (κ2) is 8.76. The van der Waals surface area contributed by atoms with Crippen LogP contribution in [0.1, 0.15) is 28.4 Å². The number of amides is 3. The van der Waals surface area contributed by atoms with Gasteiger partial charge in [-0.05, 0) is 32.0 Å². The highest BCUT2D eigenvalue weighted by molar-refractivity contribution is 5.94. The minimum atomic E-state index is -0.164. The first-order chi connectivity index (χ1) is 11.6. The number of furan rings is 1. The number of aryl methyl sites for hydroxylation is 1. The van der Waals surface area contributed by atoms with E-state index in [2.05, 4.69) is 10.6 Å². The third kappa shape index (κ3) is 5.15. The first kappa shape index (κ1) is 17.6. The van der Waals surface area contributed by atoms with E-state index in [0.29, 0.717) is 31.7 Å². The number of hydrogen-bond acceptors (Lipinski definition) is 3. The van der Waals surface area contributed by atoms with Crippen molar-refractivity contribution in [3.05, 3.63) is 59.5 Å². The molecule has 0 fully saturated rings. The average Bonchev–Trinajstić information content (AvgIpc) is 3.10. The van der Waals surface area contributed by atoms with Crippen LogP contribution in [0.4, 0.5) is 4.79 Å². The normalized spacial score (nSPS) is 10.2. The molecule has 2 aromatic rings. The van der Waals surface area contributed by atoms with Crippen LogP contribution in [0.15, 0.2) is 47.3 Å². The number of nitrogens with zero attached hydrogens (tertiary/aromatic N) is 1. The second-order valence-corrected chi connectivity index (χ2v) is 5.50. The van der Waals surface area contributed by atoms with Gasteiger partial charge < -0.3 is 20.0 Å². The summed E-state index contributed by atoms with van der Waals surface area (Å²) in [6, 6.07) is 9.03. The van der Waals surface area contributed by atoms with Crippen LogP contribution in [0.3, 0.4) is 0 Å². The van der Waals surface area contributed by atoms with E-state index in [-0.39, 0.29) is 11.9 Å². The number of urea groups is 1. The van der Waals surface area contributed by atoms with Crippen LogP contribution in [0.25, 0.3) is 0 Å². The smallest absolute Gasteiger partial charge is 0.317 e. The quantitative estimate of drug-likeness (QED) is 0.767. The SMILES string of the molecule is CCN(Cc1ccoc1)C(=O)NCCNC(=O)c1ccc(C)cc1. The average molecular weight is 329 g/mol. The highest BCUT2D eigenvalue weighted by Gasteiger charge is 2.12. The molecule has 1 heterocycles. The molecule has 0 radical (unpaired) electrons. The van der Waals surface area contributed by atoms with E-state index in [9.17, 15) is 9.59 Å². The van der Waals surface area contributed by atoms with Gasteiger partial charge in [-0.15, -0.1) is 0 Å². The summed E-state index contributed by atoms with van der Waals surface area (Å²) in [5, 5.41) is 5.59. The van der Waals surface area contributed by atoms with Crippen LogP contribution < -0.4 is 10.6 Å². The zero-order valence-electron chi connectivity index (χ0n) is 14.0. The first-order valence-electron chi connectivity index (χ1n) is 7.99. The van der Waals surface area contributed by atoms with E-state index in [1.54, 1.807) is 29.6 Å². The first-order valence-corrected chi connectivity index (χ1v) is 7.99. The van der Waals surface area contributed by atoms with Crippen molar-refractivity contribution in [2.75, 3.05) is 19.6 Å². The second-order valence-electron chi connectivity index (χ2n) is 5.50. The summed E-state index contributed by atoms with van der Waals surface area (Å²) >= 11 is 0. The van der Waals surface area contributed by atoms with Gasteiger partial charge in [0, 0.05) is 30.8 Å². The third-order valence-electron chi connectivity index (χ3n) is 3.62.